The van der Waals surface area contributed by atoms with Crippen LogP contribution in [0.5, 0.6) is 0 Å². The van der Waals surface area contributed by atoms with Gasteiger partial charge in [0.2, 0.25) is 5.89 Å². The van der Waals surface area contributed by atoms with Crippen LogP contribution in [0.2, 0.25) is 0 Å². The molecule has 0 aromatic carbocycles. The Labute approximate surface area is 88.8 Å². The third-order valence-corrected chi connectivity index (χ3v) is 3.37. The molecule has 0 saturated carbocycles. The van der Waals surface area contributed by atoms with E-state index in [1.807, 2.05) is 0 Å². The number of nitrogens with zero attached hydrogens (tertiary/aromatic N) is 3. The Morgan fingerprint density at radius 3 is 3.20 bits per heavy atom. The van der Waals surface area contributed by atoms with Crippen LogP contribution in [0.15, 0.2) is 10.9 Å². The zero-order chi connectivity index (χ0) is 10.1. The molecule has 0 aliphatic carbocycles. The second-order valence-electron chi connectivity index (χ2n) is 4.50. The smallest absolute Gasteiger partial charge is 0.240 e. The topological polar surface area (TPSA) is 54.2 Å². The van der Waals surface area contributed by atoms with Crippen LogP contribution in [0.25, 0.3) is 0 Å². The summed E-state index contributed by atoms with van der Waals surface area (Å²) in [5.74, 6) is 0.729. The number of likely N-dealkylation sites (tertiary alicyclic amines) is 1. The molecule has 2 unspecified atom stereocenters. The van der Waals surface area contributed by atoms with E-state index < -0.39 is 0 Å². The molecule has 0 radical (unpaired) electrons. The highest BCUT2D eigenvalue weighted by molar-refractivity contribution is 4.90. The van der Waals surface area contributed by atoms with Gasteiger partial charge in [0.25, 0.3) is 0 Å². The number of hydrogen-bond acceptors (Lipinski definition) is 5. The van der Waals surface area contributed by atoms with Crippen molar-refractivity contribution < 1.29 is 4.52 Å². The highest BCUT2D eigenvalue weighted by atomic mass is 16.5. The molecule has 0 spiro atoms. The molecule has 1 aromatic heterocycles. The van der Waals surface area contributed by atoms with Crippen LogP contribution >= 0.6 is 0 Å². The number of aromatic nitrogens is 2. The molecule has 82 valence electrons. The van der Waals surface area contributed by atoms with E-state index in [2.05, 4.69) is 20.4 Å². The normalized spacial score (nSPS) is 31.7. The lowest BCUT2D eigenvalue weighted by Crippen LogP contribution is -2.35. The largest absolute Gasteiger partial charge is 0.338 e. The standard InChI is InChI=1S/C10H16N4O/c1-2-9-5-14(4-3-8(1)13-9)6-10-11-7-12-15-10/h7-9,13H,1-6H2. The van der Waals surface area contributed by atoms with E-state index in [1.165, 1.54) is 25.6 Å². The molecule has 1 aromatic rings. The first-order valence-corrected chi connectivity index (χ1v) is 5.64. The van der Waals surface area contributed by atoms with Gasteiger partial charge in [-0.25, -0.2) is 0 Å². The van der Waals surface area contributed by atoms with Crippen molar-refractivity contribution >= 4 is 0 Å². The molecule has 3 rings (SSSR count). The zero-order valence-electron chi connectivity index (χ0n) is 8.72. The lowest BCUT2D eigenvalue weighted by molar-refractivity contribution is 0.216. The van der Waals surface area contributed by atoms with Crippen LogP contribution in [0, 0.1) is 0 Å². The SMILES string of the molecule is c1noc(CN2CCC3CCC(C2)N3)n1. The molecular formula is C10H16N4O. The van der Waals surface area contributed by atoms with E-state index in [-0.39, 0.29) is 0 Å². The van der Waals surface area contributed by atoms with E-state index in [0.717, 1.165) is 31.6 Å². The van der Waals surface area contributed by atoms with Crippen LogP contribution in [0.3, 0.4) is 0 Å². The summed E-state index contributed by atoms with van der Waals surface area (Å²) >= 11 is 0. The van der Waals surface area contributed by atoms with E-state index in [9.17, 15) is 0 Å². The molecule has 1 N–H and O–H groups in total. The minimum atomic E-state index is 0.667. The van der Waals surface area contributed by atoms with Crippen LogP contribution in [-0.4, -0.2) is 40.2 Å². The van der Waals surface area contributed by atoms with Gasteiger partial charge >= 0.3 is 0 Å². The summed E-state index contributed by atoms with van der Waals surface area (Å²) < 4.78 is 5.03. The van der Waals surface area contributed by atoms with Gasteiger partial charge in [0.15, 0.2) is 6.33 Å². The number of hydrogen-bond donors (Lipinski definition) is 1. The lowest BCUT2D eigenvalue weighted by Gasteiger charge is -2.21. The molecule has 15 heavy (non-hydrogen) atoms. The first-order valence-electron chi connectivity index (χ1n) is 5.64. The molecular weight excluding hydrogens is 192 g/mol. The molecule has 0 amide bonds. The fourth-order valence-electron chi connectivity index (χ4n) is 2.62. The molecule has 5 nitrogen and oxygen atoms in total. The Morgan fingerprint density at radius 1 is 1.40 bits per heavy atom. The molecule has 2 fully saturated rings. The van der Waals surface area contributed by atoms with Gasteiger partial charge in [-0.05, 0) is 19.3 Å². The summed E-state index contributed by atoms with van der Waals surface area (Å²) in [5.41, 5.74) is 0. The summed E-state index contributed by atoms with van der Waals surface area (Å²) in [6.07, 6.45) is 5.37. The molecule has 2 aliphatic heterocycles. The first kappa shape index (κ1) is 9.30. The summed E-state index contributed by atoms with van der Waals surface area (Å²) in [6.45, 7) is 3.04. The van der Waals surface area contributed by atoms with Gasteiger partial charge in [0.1, 0.15) is 0 Å². The molecule has 2 bridgehead atoms. The highest BCUT2D eigenvalue weighted by Gasteiger charge is 2.29. The second kappa shape index (κ2) is 3.90. The van der Waals surface area contributed by atoms with Crippen molar-refractivity contribution in [3.05, 3.63) is 12.2 Å². The van der Waals surface area contributed by atoms with E-state index in [0.29, 0.717) is 6.04 Å². The molecule has 2 aliphatic rings. The maximum atomic E-state index is 5.03. The van der Waals surface area contributed by atoms with E-state index in [1.54, 1.807) is 0 Å². The third-order valence-electron chi connectivity index (χ3n) is 3.37. The van der Waals surface area contributed by atoms with Gasteiger partial charge in [-0.3, -0.25) is 4.90 Å². The minimum Gasteiger partial charge on any atom is -0.338 e. The number of fused-ring (bicyclic) bond motifs is 2. The van der Waals surface area contributed by atoms with Gasteiger partial charge in [0.05, 0.1) is 6.54 Å². The average Bonchev–Trinajstić information content (AvgIpc) is 2.80. The van der Waals surface area contributed by atoms with Crippen molar-refractivity contribution in [2.75, 3.05) is 13.1 Å². The minimum absolute atomic E-state index is 0.667. The van der Waals surface area contributed by atoms with Crippen molar-refractivity contribution in [2.45, 2.75) is 37.9 Å². The van der Waals surface area contributed by atoms with Gasteiger partial charge in [0, 0.05) is 25.2 Å². The fourth-order valence-corrected chi connectivity index (χ4v) is 2.62. The van der Waals surface area contributed by atoms with Crippen molar-refractivity contribution in [3.8, 4) is 0 Å². The van der Waals surface area contributed by atoms with Gasteiger partial charge < -0.3 is 9.84 Å². The molecule has 3 heterocycles. The van der Waals surface area contributed by atoms with E-state index >= 15 is 0 Å². The Kier molecular flexibility index (Phi) is 2.42. The van der Waals surface area contributed by atoms with Crippen molar-refractivity contribution in [1.82, 2.24) is 20.4 Å². The van der Waals surface area contributed by atoms with Gasteiger partial charge in [-0.1, -0.05) is 5.16 Å². The fraction of sp³-hybridized carbons (Fsp3) is 0.800. The summed E-state index contributed by atoms with van der Waals surface area (Å²) in [6, 6.07) is 1.41. The predicted octanol–water partition coefficient (Wildman–Crippen LogP) is 0.396. The van der Waals surface area contributed by atoms with Crippen LogP contribution < -0.4 is 5.32 Å². The average molecular weight is 208 g/mol. The summed E-state index contributed by atoms with van der Waals surface area (Å²) in [7, 11) is 0. The Hall–Kier alpha value is -0.940. The molecule has 2 atom stereocenters. The Balaban J connectivity index is 1.62. The van der Waals surface area contributed by atoms with Crippen LogP contribution in [0.1, 0.15) is 25.2 Å². The summed E-state index contributed by atoms with van der Waals surface area (Å²) in [4.78, 5) is 6.47. The van der Waals surface area contributed by atoms with Gasteiger partial charge in [-0.2, -0.15) is 4.98 Å². The second-order valence-corrected chi connectivity index (χ2v) is 4.50. The summed E-state index contributed by atoms with van der Waals surface area (Å²) in [5, 5.41) is 7.28. The Bertz CT molecular complexity index is 313. The lowest BCUT2D eigenvalue weighted by atomic mass is 10.1. The zero-order valence-corrected chi connectivity index (χ0v) is 8.72. The monoisotopic (exact) mass is 208 g/mol. The highest BCUT2D eigenvalue weighted by Crippen LogP contribution is 2.21. The predicted molar refractivity (Wildman–Crippen MR) is 54.1 cm³/mol. The van der Waals surface area contributed by atoms with Crippen molar-refractivity contribution in [1.29, 1.82) is 0 Å². The Morgan fingerprint density at radius 2 is 2.33 bits per heavy atom. The molecule has 2 saturated heterocycles. The third kappa shape index (κ3) is 2.03. The quantitative estimate of drug-likeness (QED) is 0.762. The first-order chi connectivity index (χ1) is 7.40. The maximum Gasteiger partial charge on any atom is 0.240 e. The number of nitrogens with one attached hydrogen (secondary N) is 1. The number of rotatable bonds is 2. The van der Waals surface area contributed by atoms with E-state index in [4.69, 9.17) is 4.52 Å². The van der Waals surface area contributed by atoms with Crippen molar-refractivity contribution in [3.63, 3.8) is 0 Å². The van der Waals surface area contributed by atoms with Crippen molar-refractivity contribution in [2.24, 2.45) is 0 Å². The maximum absolute atomic E-state index is 5.03. The van der Waals surface area contributed by atoms with Crippen LogP contribution in [0.4, 0.5) is 0 Å². The van der Waals surface area contributed by atoms with Crippen LogP contribution in [-0.2, 0) is 6.54 Å². The van der Waals surface area contributed by atoms with Gasteiger partial charge in [-0.15, -0.1) is 0 Å². The molecule has 5 heteroatoms.